The molecule has 0 radical (unpaired) electrons. The van der Waals surface area contributed by atoms with Gasteiger partial charge in [-0.25, -0.2) is 0 Å². The molecule has 2 aromatic carbocycles. The lowest BCUT2D eigenvalue weighted by atomic mass is 9.99. The number of rotatable bonds is 6. The van der Waals surface area contributed by atoms with Crippen molar-refractivity contribution >= 4 is 28.5 Å². The largest absolute Gasteiger partial charge is 0.451 e. The topological polar surface area (TPSA) is 62.6 Å². The van der Waals surface area contributed by atoms with Gasteiger partial charge in [-0.2, -0.15) is 0 Å². The first-order valence-corrected chi connectivity index (χ1v) is 11.3. The Balaban J connectivity index is 1.54. The van der Waals surface area contributed by atoms with Crippen molar-refractivity contribution in [1.82, 2.24) is 10.2 Å². The highest BCUT2D eigenvalue weighted by Crippen LogP contribution is 2.25. The number of aryl methyl sites for hydroxylation is 1. The molecule has 1 atom stereocenters. The summed E-state index contributed by atoms with van der Waals surface area (Å²) in [6, 6.07) is 14.7. The molecule has 1 aliphatic heterocycles. The van der Waals surface area contributed by atoms with Crippen LogP contribution >= 0.6 is 11.6 Å². The molecule has 1 aliphatic rings. The van der Waals surface area contributed by atoms with Gasteiger partial charge in [-0.15, -0.1) is 0 Å². The first kappa shape index (κ1) is 21.6. The van der Waals surface area contributed by atoms with Crippen LogP contribution in [0.25, 0.3) is 11.0 Å². The first-order valence-electron chi connectivity index (χ1n) is 10.9. The van der Waals surface area contributed by atoms with Crippen molar-refractivity contribution in [3.63, 3.8) is 0 Å². The number of benzene rings is 2. The Morgan fingerprint density at radius 1 is 1.10 bits per heavy atom. The van der Waals surface area contributed by atoms with Crippen LogP contribution in [0.2, 0.25) is 5.02 Å². The number of hydrogen-bond acceptors (Lipinski definition) is 4. The molecular weight excluding hydrogens is 412 g/mol. The van der Waals surface area contributed by atoms with Crippen molar-refractivity contribution in [2.45, 2.75) is 38.6 Å². The average molecular weight is 439 g/mol. The molecule has 4 rings (SSSR count). The number of likely N-dealkylation sites (tertiary alicyclic amines) is 1. The zero-order valence-electron chi connectivity index (χ0n) is 17.7. The molecule has 0 aliphatic carbocycles. The third kappa shape index (κ3) is 5.00. The summed E-state index contributed by atoms with van der Waals surface area (Å²) >= 11 is 5.96. The summed E-state index contributed by atoms with van der Waals surface area (Å²) < 4.78 is 5.69. The van der Waals surface area contributed by atoms with Gasteiger partial charge >= 0.3 is 0 Å². The van der Waals surface area contributed by atoms with Gasteiger partial charge < -0.3 is 9.73 Å². The smallest absolute Gasteiger partial charge is 0.287 e. The molecule has 31 heavy (non-hydrogen) atoms. The Morgan fingerprint density at radius 3 is 2.55 bits per heavy atom. The van der Waals surface area contributed by atoms with Crippen LogP contribution in [-0.2, 0) is 6.42 Å². The number of piperidine rings is 1. The molecule has 1 amide bonds. The molecule has 6 heteroatoms. The molecule has 0 bridgehead atoms. The van der Waals surface area contributed by atoms with Crippen molar-refractivity contribution in [3.8, 4) is 0 Å². The Morgan fingerprint density at radius 2 is 1.84 bits per heavy atom. The second kappa shape index (κ2) is 9.67. The second-order valence-corrected chi connectivity index (χ2v) is 8.47. The Hall–Kier alpha value is -2.63. The van der Waals surface area contributed by atoms with Gasteiger partial charge in [0.25, 0.3) is 5.91 Å². The Kier molecular flexibility index (Phi) is 6.73. The zero-order chi connectivity index (χ0) is 21.8. The number of carbonyl (C=O) groups is 1. The van der Waals surface area contributed by atoms with Crippen LogP contribution < -0.4 is 10.7 Å². The van der Waals surface area contributed by atoms with Crippen molar-refractivity contribution in [1.29, 1.82) is 0 Å². The maximum absolute atomic E-state index is 12.8. The summed E-state index contributed by atoms with van der Waals surface area (Å²) in [6.07, 6.45) is 4.58. The monoisotopic (exact) mass is 438 g/mol. The van der Waals surface area contributed by atoms with E-state index >= 15 is 0 Å². The predicted octanol–water partition coefficient (Wildman–Crippen LogP) is 4.97. The molecule has 1 fully saturated rings. The number of hydrogen-bond donors (Lipinski definition) is 1. The Labute approximate surface area is 187 Å². The summed E-state index contributed by atoms with van der Waals surface area (Å²) in [5.41, 5.74) is 2.55. The first-order chi connectivity index (χ1) is 15.0. The van der Waals surface area contributed by atoms with E-state index in [2.05, 4.69) is 41.4 Å². The van der Waals surface area contributed by atoms with E-state index in [9.17, 15) is 9.59 Å². The molecule has 1 N–H and O–H groups in total. The maximum atomic E-state index is 12.8. The summed E-state index contributed by atoms with van der Waals surface area (Å²) in [5, 5.41) is 3.81. The van der Waals surface area contributed by atoms with E-state index in [4.69, 9.17) is 16.0 Å². The minimum absolute atomic E-state index is 0.0125. The lowest BCUT2D eigenvalue weighted by Gasteiger charge is -2.35. The fraction of sp³-hybridized carbons (Fsp3) is 0.360. The number of halogens is 1. The number of fused-ring (bicyclic) bond motifs is 1. The summed E-state index contributed by atoms with van der Waals surface area (Å²) in [4.78, 5) is 27.7. The molecule has 162 valence electrons. The molecule has 1 saturated heterocycles. The lowest BCUT2D eigenvalue weighted by Crippen LogP contribution is -2.40. The van der Waals surface area contributed by atoms with Crippen molar-refractivity contribution in [2.24, 2.45) is 0 Å². The third-order valence-corrected chi connectivity index (χ3v) is 6.21. The van der Waals surface area contributed by atoms with Gasteiger partial charge in [0.05, 0.1) is 11.4 Å². The van der Waals surface area contributed by atoms with Crippen LogP contribution in [-0.4, -0.2) is 30.4 Å². The van der Waals surface area contributed by atoms with Gasteiger partial charge in [0.15, 0.2) is 11.2 Å². The van der Waals surface area contributed by atoms with Gasteiger partial charge in [0.2, 0.25) is 0 Å². The second-order valence-electron chi connectivity index (χ2n) is 8.03. The van der Waals surface area contributed by atoms with E-state index < -0.39 is 0 Å². The van der Waals surface area contributed by atoms with E-state index in [1.807, 2.05) is 0 Å². The standard InChI is InChI=1S/C25H27ClN2O3/c1-2-17-6-8-18(9-7-17)21(28-12-4-3-5-13-28)16-27-25(30)24-15-22(29)20-14-19(26)10-11-23(20)31-24/h6-11,14-15,21H,2-5,12-13,16H2,1H3,(H,27,30). The van der Waals surface area contributed by atoms with E-state index in [0.717, 1.165) is 19.5 Å². The molecule has 1 unspecified atom stereocenters. The van der Waals surface area contributed by atoms with Crippen molar-refractivity contribution in [3.05, 3.63) is 80.7 Å². The van der Waals surface area contributed by atoms with E-state index in [1.165, 1.54) is 36.5 Å². The van der Waals surface area contributed by atoms with Gasteiger partial charge in [-0.1, -0.05) is 49.2 Å². The summed E-state index contributed by atoms with van der Waals surface area (Å²) in [7, 11) is 0. The highest BCUT2D eigenvalue weighted by Gasteiger charge is 2.24. The molecule has 0 saturated carbocycles. The Bertz CT molecular complexity index is 1120. The van der Waals surface area contributed by atoms with Gasteiger partial charge in [0, 0.05) is 17.6 Å². The third-order valence-electron chi connectivity index (χ3n) is 5.97. The fourth-order valence-corrected chi connectivity index (χ4v) is 4.35. The van der Waals surface area contributed by atoms with Crippen LogP contribution in [0.4, 0.5) is 0 Å². The number of amides is 1. The molecule has 5 nitrogen and oxygen atoms in total. The predicted molar refractivity (Wildman–Crippen MR) is 124 cm³/mol. The average Bonchev–Trinajstić information content (AvgIpc) is 2.80. The lowest BCUT2D eigenvalue weighted by molar-refractivity contribution is 0.0897. The highest BCUT2D eigenvalue weighted by atomic mass is 35.5. The van der Waals surface area contributed by atoms with Gasteiger partial charge in [-0.3, -0.25) is 14.5 Å². The summed E-state index contributed by atoms with van der Waals surface area (Å²) in [6.45, 7) is 4.62. The molecule has 2 heterocycles. The number of nitrogens with zero attached hydrogens (tertiary/aromatic N) is 1. The van der Waals surface area contributed by atoms with Crippen LogP contribution in [0.5, 0.6) is 0 Å². The normalized spacial score (nSPS) is 15.7. The number of nitrogens with one attached hydrogen (secondary N) is 1. The van der Waals surface area contributed by atoms with E-state index in [1.54, 1.807) is 18.2 Å². The van der Waals surface area contributed by atoms with E-state index in [0.29, 0.717) is 22.5 Å². The van der Waals surface area contributed by atoms with Crippen LogP contribution in [0, 0.1) is 0 Å². The van der Waals surface area contributed by atoms with Crippen LogP contribution in [0.15, 0.2) is 57.7 Å². The SMILES string of the molecule is CCc1ccc(C(CNC(=O)c2cc(=O)c3cc(Cl)ccc3o2)N2CCCCC2)cc1. The van der Waals surface area contributed by atoms with Gasteiger partial charge in [0.1, 0.15) is 5.58 Å². The molecule has 0 spiro atoms. The van der Waals surface area contributed by atoms with Crippen molar-refractivity contribution in [2.75, 3.05) is 19.6 Å². The molecule has 1 aromatic heterocycles. The van der Waals surface area contributed by atoms with E-state index in [-0.39, 0.29) is 23.1 Å². The fourth-order valence-electron chi connectivity index (χ4n) is 4.18. The quantitative estimate of drug-likeness (QED) is 0.590. The maximum Gasteiger partial charge on any atom is 0.287 e. The molecule has 3 aromatic rings. The van der Waals surface area contributed by atoms with Gasteiger partial charge in [-0.05, 0) is 61.7 Å². The number of carbonyl (C=O) groups excluding carboxylic acids is 1. The minimum atomic E-state index is -0.388. The summed E-state index contributed by atoms with van der Waals surface area (Å²) in [5.74, 6) is -0.375. The van der Waals surface area contributed by atoms with Crippen molar-refractivity contribution < 1.29 is 9.21 Å². The van der Waals surface area contributed by atoms with Crippen LogP contribution in [0.3, 0.4) is 0 Å². The minimum Gasteiger partial charge on any atom is -0.451 e. The zero-order valence-corrected chi connectivity index (χ0v) is 18.5. The highest BCUT2D eigenvalue weighted by molar-refractivity contribution is 6.31. The van der Waals surface area contributed by atoms with Crippen LogP contribution in [0.1, 0.15) is 53.9 Å². The molecular formula is C25H27ClN2O3.